The van der Waals surface area contributed by atoms with E-state index in [1.165, 1.54) is 0 Å². The molecule has 3 rings (SSSR count). The van der Waals surface area contributed by atoms with Gasteiger partial charge >= 0.3 is 0 Å². The van der Waals surface area contributed by atoms with Crippen LogP contribution in [-0.2, 0) is 7.05 Å². The van der Waals surface area contributed by atoms with E-state index in [4.69, 9.17) is 10.5 Å². The lowest BCUT2D eigenvalue weighted by Crippen LogP contribution is -2.51. The molecule has 100 valence electrons. The Morgan fingerprint density at radius 1 is 1.26 bits per heavy atom. The molecule has 0 saturated carbocycles. The third kappa shape index (κ3) is 2.29. The van der Waals surface area contributed by atoms with Gasteiger partial charge in [-0.25, -0.2) is 0 Å². The molecule has 0 radical (unpaired) electrons. The summed E-state index contributed by atoms with van der Waals surface area (Å²) in [5, 5.41) is 4.41. The van der Waals surface area contributed by atoms with Gasteiger partial charge in [-0.1, -0.05) is 12.1 Å². The Kier molecular flexibility index (Phi) is 2.91. The van der Waals surface area contributed by atoms with Gasteiger partial charge in [0, 0.05) is 31.8 Å². The highest BCUT2D eigenvalue weighted by molar-refractivity contribution is 5.69. The molecule has 0 atom stereocenters. The molecule has 5 nitrogen and oxygen atoms in total. The van der Waals surface area contributed by atoms with Gasteiger partial charge in [-0.2, -0.15) is 5.10 Å². The normalized spacial score (nSPS) is 16.3. The fraction of sp³-hybridized carbons (Fsp3) is 0.357. The van der Waals surface area contributed by atoms with Crippen molar-refractivity contribution < 1.29 is 4.74 Å². The number of nitrogens with zero attached hydrogens (tertiary/aromatic N) is 3. The van der Waals surface area contributed by atoms with Gasteiger partial charge in [-0.3, -0.25) is 9.58 Å². The lowest BCUT2D eigenvalue weighted by molar-refractivity contribution is 0.0392. The van der Waals surface area contributed by atoms with Crippen LogP contribution >= 0.6 is 0 Å². The summed E-state index contributed by atoms with van der Waals surface area (Å²) >= 11 is 0. The summed E-state index contributed by atoms with van der Waals surface area (Å²) in [6.45, 7) is 1.94. The summed E-state index contributed by atoms with van der Waals surface area (Å²) in [5.41, 5.74) is 7.68. The van der Waals surface area contributed by atoms with Crippen molar-refractivity contribution in [2.45, 2.75) is 6.10 Å². The van der Waals surface area contributed by atoms with Crippen molar-refractivity contribution in [2.24, 2.45) is 7.05 Å². The highest BCUT2D eigenvalue weighted by Gasteiger charge is 2.25. The number of ether oxygens (including phenoxy) is 1. The minimum atomic E-state index is 0.271. The van der Waals surface area contributed by atoms with Crippen molar-refractivity contribution in [1.82, 2.24) is 14.7 Å². The van der Waals surface area contributed by atoms with Gasteiger partial charge in [0.15, 0.2) is 0 Å². The first-order valence-corrected chi connectivity index (χ1v) is 6.37. The van der Waals surface area contributed by atoms with Crippen LogP contribution in [-0.4, -0.2) is 40.9 Å². The van der Waals surface area contributed by atoms with Crippen molar-refractivity contribution in [3.05, 3.63) is 30.3 Å². The number of para-hydroxylation sites is 1. The van der Waals surface area contributed by atoms with Gasteiger partial charge in [-0.05, 0) is 19.2 Å². The second kappa shape index (κ2) is 4.59. The number of aryl methyl sites for hydroxylation is 1. The van der Waals surface area contributed by atoms with E-state index in [0.29, 0.717) is 5.82 Å². The molecule has 1 aliphatic rings. The second-order valence-electron chi connectivity index (χ2n) is 5.04. The Hall–Kier alpha value is -2.01. The van der Waals surface area contributed by atoms with E-state index < -0.39 is 0 Å². The largest absolute Gasteiger partial charge is 0.487 e. The molecule has 0 spiro atoms. The SMILES string of the molecule is CN1CC(Oc2ccccc2-c2cc(N)n(C)n2)C1. The van der Waals surface area contributed by atoms with Gasteiger partial charge < -0.3 is 10.5 Å². The van der Waals surface area contributed by atoms with Crippen LogP contribution in [0.25, 0.3) is 11.3 Å². The molecule has 1 aliphatic heterocycles. The van der Waals surface area contributed by atoms with Crippen LogP contribution in [0.2, 0.25) is 0 Å². The number of anilines is 1. The van der Waals surface area contributed by atoms with Crippen LogP contribution in [0.5, 0.6) is 5.75 Å². The molecule has 2 heterocycles. The van der Waals surface area contributed by atoms with E-state index in [-0.39, 0.29) is 6.10 Å². The molecule has 0 aliphatic carbocycles. The number of rotatable bonds is 3. The summed E-state index contributed by atoms with van der Waals surface area (Å²) in [6, 6.07) is 9.83. The van der Waals surface area contributed by atoms with Crippen molar-refractivity contribution in [3.63, 3.8) is 0 Å². The Bertz CT molecular complexity index is 567. The number of nitrogen functional groups attached to an aromatic ring is 1. The highest BCUT2D eigenvalue weighted by Crippen LogP contribution is 2.31. The summed E-state index contributed by atoms with van der Waals surface area (Å²) in [7, 11) is 3.93. The summed E-state index contributed by atoms with van der Waals surface area (Å²) in [5.74, 6) is 1.52. The molecule has 2 N–H and O–H groups in total. The Labute approximate surface area is 112 Å². The first-order valence-electron chi connectivity index (χ1n) is 6.37. The monoisotopic (exact) mass is 258 g/mol. The van der Waals surface area contributed by atoms with Gasteiger partial charge in [-0.15, -0.1) is 0 Å². The third-order valence-corrected chi connectivity index (χ3v) is 3.40. The Morgan fingerprint density at radius 2 is 2.00 bits per heavy atom. The van der Waals surface area contributed by atoms with Crippen molar-refractivity contribution in [2.75, 3.05) is 25.9 Å². The number of aromatic nitrogens is 2. The van der Waals surface area contributed by atoms with Crippen LogP contribution in [0.1, 0.15) is 0 Å². The maximum atomic E-state index is 6.02. The number of likely N-dealkylation sites (tertiary alicyclic amines) is 1. The summed E-state index contributed by atoms with van der Waals surface area (Å²) in [4.78, 5) is 2.23. The standard InChI is InChI=1S/C14H18N4O/c1-17-8-10(9-17)19-13-6-4-3-5-11(13)12-7-14(15)18(2)16-12/h3-7,10H,8-9,15H2,1-2H3. The predicted molar refractivity (Wildman–Crippen MR) is 75.0 cm³/mol. The quantitative estimate of drug-likeness (QED) is 0.903. The molecule has 1 aromatic carbocycles. The molecule has 0 unspecified atom stereocenters. The maximum Gasteiger partial charge on any atom is 0.129 e. The topological polar surface area (TPSA) is 56.3 Å². The number of benzene rings is 1. The Morgan fingerprint density at radius 3 is 2.63 bits per heavy atom. The predicted octanol–water partition coefficient (Wildman–Crippen LogP) is 1.36. The van der Waals surface area contributed by atoms with Gasteiger partial charge in [0.2, 0.25) is 0 Å². The zero-order valence-electron chi connectivity index (χ0n) is 11.2. The lowest BCUT2D eigenvalue weighted by Gasteiger charge is -2.36. The first kappa shape index (κ1) is 12.0. The Balaban J connectivity index is 1.88. The molecule has 1 fully saturated rings. The van der Waals surface area contributed by atoms with E-state index in [1.54, 1.807) is 4.68 Å². The number of nitrogens with two attached hydrogens (primary N) is 1. The van der Waals surface area contributed by atoms with Crippen LogP contribution < -0.4 is 10.5 Å². The summed E-state index contributed by atoms with van der Waals surface area (Å²) in [6.07, 6.45) is 0.271. The first-order chi connectivity index (χ1) is 9.13. The van der Waals surface area contributed by atoms with E-state index in [1.807, 2.05) is 37.4 Å². The zero-order chi connectivity index (χ0) is 13.4. The number of likely N-dealkylation sites (N-methyl/N-ethyl adjacent to an activating group) is 1. The van der Waals surface area contributed by atoms with Gasteiger partial charge in [0.1, 0.15) is 17.7 Å². The minimum Gasteiger partial charge on any atom is -0.487 e. The fourth-order valence-corrected chi connectivity index (χ4v) is 2.29. The van der Waals surface area contributed by atoms with Crippen LogP contribution in [0, 0.1) is 0 Å². The molecule has 0 bridgehead atoms. The molecule has 19 heavy (non-hydrogen) atoms. The number of hydrogen-bond donors (Lipinski definition) is 1. The third-order valence-electron chi connectivity index (χ3n) is 3.40. The molecule has 1 saturated heterocycles. The molecular formula is C14H18N4O. The van der Waals surface area contributed by atoms with E-state index in [9.17, 15) is 0 Å². The van der Waals surface area contributed by atoms with Crippen molar-refractivity contribution >= 4 is 5.82 Å². The average molecular weight is 258 g/mol. The van der Waals surface area contributed by atoms with E-state index in [2.05, 4.69) is 17.0 Å². The smallest absolute Gasteiger partial charge is 0.129 e. The average Bonchev–Trinajstić information content (AvgIpc) is 2.68. The van der Waals surface area contributed by atoms with Gasteiger partial charge in [0.25, 0.3) is 0 Å². The van der Waals surface area contributed by atoms with Gasteiger partial charge in [0.05, 0.1) is 5.69 Å². The molecule has 2 aromatic rings. The van der Waals surface area contributed by atoms with Crippen LogP contribution in [0.4, 0.5) is 5.82 Å². The minimum absolute atomic E-state index is 0.271. The number of hydrogen-bond acceptors (Lipinski definition) is 4. The molecule has 1 aromatic heterocycles. The lowest BCUT2D eigenvalue weighted by atomic mass is 10.1. The molecular weight excluding hydrogens is 240 g/mol. The molecule has 0 amide bonds. The van der Waals surface area contributed by atoms with Crippen molar-refractivity contribution in [3.8, 4) is 17.0 Å². The maximum absolute atomic E-state index is 6.02. The van der Waals surface area contributed by atoms with Crippen LogP contribution in [0.3, 0.4) is 0 Å². The highest BCUT2D eigenvalue weighted by atomic mass is 16.5. The fourth-order valence-electron chi connectivity index (χ4n) is 2.29. The van der Waals surface area contributed by atoms with Crippen molar-refractivity contribution in [1.29, 1.82) is 0 Å². The molecule has 5 heteroatoms. The second-order valence-corrected chi connectivity index (χ2v) is 5.04. The van der Waals surface area contributed by atoms with E-state index in [0.717, 1.165) is 30.1 Å². The zero-order valence-corrected chi connectivity index (χ0v) is 11.2. The van der Waals surface area contributed by atoms with Crippen LogP contribution in [0.15, 0.2) is 30.3 Å². The summed E-state index contributed by atoms with van der Waals surface area (Å²) < 4.78 is 7.69. The van der Waals surface area contributed by atoms with E-state index >= 15 is 0 Å².